The highest BCUT2D eigenvalue weighted by Gasteiger charge is 2.07. The van der Waals surface area contributed by atoms with E-state index in [2.05, 4.69) is 27.0 Å². The molecule has 6 nitrogen and oxygen atoms in total. The molecule has 0 aliphatic rings. The van der Waals surface area contributed by atoms with E-state index in [1.165, 1.54) is 10.9 Å². The van der Waals surface area contributed by atoms with Crippen molar-refractivity contribution >= 4 is 39.9 Å². The second kappa shape index (κ2) is 9.63. The molecule has 0 saturated carbocycles. The molecule has 0 spiro atoms. The molecule has 31 heavy (non-hydrogen) atoms. The highest BCUT2D eigenvalue weighted by Crippen LogP contribution is 2.20. The summed E-state index contributed by atoms with van der Waals surface area (Å²) in [4.78, 5) is 27.8. The number of fused-ring (bicyclic) bond motifs is 1. The van der Waals surface area contributed by atoms with E-state index < -0.39 is 0 Å². The van der Waals surface area contributed by atoms with Crippen molar-refractivity contribution in [1.82, 2.24) is 4.98 Å². The molecule has 0 unspecified atom stereocenters. The zero-order valence-corrected chi connectivity index (χ0v) is 17.0. The van der Waals surface area contributed by atoms with Crippen LogP contribution in [-0.4, -0.2) is 16.9 Å². The number of nitrogens with one attached hydrogen (secondary N) is 4. The lowest BCUT2D eigenvalue weighted by Gasteiger charge is -2.10. The van der Waals surface area contributed by atoms with Crippen molar-refractivity contribution in [1.29, 1.82) is 0 Å². The van der Waals surface area contributed by atoms with Crippen LogP contribution in [-0.2, 0) is 11.2 Å². The Morgan fingerprint density at radius 2 is 1.42 bits per heavy atom. The third-order valence-electron chi connectivity index (χ3n) is 4.96. The van der Waals surface area contributed by atoms with Crippen LogP contribution in [0.15, 0.2) is 85.1 Å². The maximum absolute atomic E-state index is 12.4. The summed E-state index contributed by atoms with van der Waals surface area (Å²) in [5, 5.41) is 9.65. The zero-order valence-electron chi connectivity index (χ0n) is 17.0. The quantitative estimate of drug-likeness (QED) is 0.310. The summed E-state index contributed by atoms with van der Waals surface area (Å²) in [7, 11) is 0. The minimum absolute atomic E-state index is 0.0503. The fraction of sp³-hybridized carbons (Fsp3) is 0.120. The Morgan fingerprint density at radius 3 is 2.26 bits per heavy atom. The SMILES string of the molecule is O=C(CCCc1c[nH]c2ccccc12)Nc1cccc(NC(=O)Nc2ccccc2)c1. The molecule has 3 amide bonds. The number of hydrogen-bond acceptors (Lipinski definition) is 2. The average molecular weight is 412 g/mol. The second-order valence-electron chi connectivity index (χ2n) is 7.29. The number of aryl methyl sites for hydroxylation is 1. The molecule has 0 radical (unpaired) electrons. The van der Waals surface area contributed by atoms with Gasteiger partial charge in [-0.2, -0.15) is 0 Å². The van der Waals surface area contributed by atoms with Crippen LogP contribution in [0.3, 0.4) is 0 Å². The molecule has 0 atom stereocenters. The highest BCUT2D eigenvalue weighted by molar-refractivity contribution is 6.00. The second-order valence-corrected chi connectivity index (χ2v) is 7.29. The lowest BCUT2D eigenvalue weighted by Crippen LogP contribution is -2.19. The Morgan fingerprint density at radius 1 is 0.742 bits per heavy atom. The number of H-pyrrole nitrogens is 1. The molecular weight excluding hydrogens is 388 g/mol. The fourth-order valence-electron chi connectivity index (χ4n) is 3.49. The van der Waals surface area contributed by atoms with E-state index >= 15 is 0 Å². The van der Waals surface area contributed by atoms with Gasteiger partial charge in [-0.1, -0.05) is 42.5 Å². The summed E-state index contributed by atoms with van der Waals surface area (Å²) in [5.41, 5.74) is 4.29. The smallest absolute Gasteiger partial charge is 0.323 e. The maximum atomic E-state index is 12.4. The van der Waals surface area contributed by atoms with Crippen LogP contribution >= 0.6 is 0 Å². The van der Waals surface area contributed by atoms with E-state index in [4.69, 9.17) is 0 Å². The molecule has 4 rings (SSSR count). The predicted octanol–water partition coefficient (Wildman–Crippen LogP) is 5.77. The predicted molar refractivity (Wildman–Crippen MR) is 125 cm³/mol. The molecule has 6 heteroatoms. The molecule has 0 aliphatic carbocycles. The molecular formula is C25H24N4O2. The summed E-state index contributed by atoms with van der Waals surface area (Å²) < 4.78 is 0. The molecule has 0 saturated heterocycles. The Hall–Kier alpha value is -4.06. The van der Waals surface area contributed by atoms with Crippen LogP contribution in [0.1, 0.15) is 18.4 Å². The maximum Gasteiger partial charge on any atom is 0.323 e. The number of carbonyl (C=O) groups excluding carboxylic acids is 2. The Labute approximate surface area is 180 Å². The molecule has 156 valence electrons. The molecule has 4 N–H and O–H groups in total. The summed E-state index contributed by atoms with van der Waals surface area (Å²) in [6.45, 7) is 0. The fourth-order valence-corrected chi connectivity index (χ4v) is 3.49. The summed E-state index contributed by atoms with van der Waals surface area (Å²) in [6, 6.07) is 24.1. The van der Waals surface area contributed by atoms with Gasteiger partial charge in [-0.3, -0.25) is 4.79 Å². The van der Waals surface area contributed by atoms with Gasteiger partial charge in [-0.25, -0.2) is 4.79 Å². The summed E-state index contributed by atoms with van der Waals surface area (Å²) >= 11 is 0. The largest absolute Gasteiger partial charge is 0.361 e. The van der Waals surface area contributed by atoms with Gasteiger partial charge in [0, 0.05) is 40.6 Å². The molecule has 1 heterocycles. The van der Waals surface area contributed by atoms with Gasteiger partial charge in [0.15, 0.2) is 0 Å². The van der Waals surface area contributed by atoms with Crippen LogP contribution in [0.5, 0.6) is 0 Å². The number of urea groups is 1. The summed E-state index contributed by atoms with van der Waals surface area (Å²) in [5.74, 6) is -0.0503. The Bertz CT molecular complexity index is 1180. The zero-order chi connectivity index (χ0) is 21.5. The number of amides is 3. The van der Waals surface area contributed by atoms with Crippen molar-refractivity contribution in [3.8, 4) is 0 Å². The minimum atomic E-state index is -0.339. The third kappa shape index (κ3) is 5.51. The summed E-state index contributed by atoms with van der Waals surface area (Å²) in [6.07, 6.45) is 4.02. The minimum Gasteiger partial charge on any atom is -0.361 e. The molecule has 1 aromatic heterocycles. The first kappa shape index (κ1) is 20.2. The van der Waals surface area contributed by atoms with Gasteiger partial charge in [0.05, 0.1) is 0 Å². The number of aromatic amines is 1. The number of anilines is 3. The van der Waals surface area contributed by atoms with Crippen LogP contribution in [0.25, 0.3) is 10.9 Å². The first-order valence-corrected chi connectivity index (χ1v) is 10.3. The van der Waals surface area contributed by atoms with Gasteiger partial charge in [0.1, 0.15) is 0 Å². The van der Waals surface area contributed by atoms with E-state index in [0.717, 1.165) is 18.4 Å². The van der Waals surface area contributed by atoms with Gasteiger partial charge in [-0.15, -0.1) is 0 Å². The number of hydrogen-bond donors (Lipinski definition) is 4. The first-order chi connectivity index (χ1) is 15.2. The number of aromatic nitrogens is 1. The van der Waals surface area contributed by atoms with Crippen LogP contribution in [0.4, 0.5) is 21.9 Å². The average Bonchev–Trinajstić information content (AvgIpc) is 3.18. The van der Waals surface area contributed by atoms with E-state index in [1.807, 2.05) is 54.7 Å². The topological polar surface area (TPSA) is 86.0 Å². The van der Waals surface area contributed by atoms with Gasteiger partial charge in [0.2, 0.25) is 5.91 Å². The lowest BCUT2D eigenvalue weighted by molar-refractivity contribution is -0.116. The highest BCUT2D eigenvalue weighted by atomic mass is 16.2. The van der Waals surface area contributed by atoms with Gasteiger partial charge in [-0.05, 0) is 54.8 Å². The number of rotatable bonds is 7. The van der Waals surface area contributed by atoms with Gasteiger partial charge in [0.25, 0.3) is 0 Å². The van der Waals surface area contributed by atoms with Crippen LogP contribution in [0, 0.1) is 0 Å². The Kier molecular flexibility index (Phi) is 6.28. The third-order valence-corrected chi connectivity index (χ3v) is 4.96. The lowest BCUT2D eigenvalue weighted by atomic mass is 10.1. The molecule has 0 bridgehead atoms. The van der Waals surface area contributed by atoms with Crippen molar-refractivity contribution in [2.24, 2.45) is 0 Å². The number of para-hydroxylation sites is 2. The van der Waals surface area contributed by atoms with E-state index in [-0.39, 0.29) is 11.9 Å². The van der Waals surface area contributed by atoms with E-state index in [1.54, 1.807) is 24.3 Å². The number of carbonyl (C=O) groups is 2. The molecule has 3 aromatic carbocycles. The van der Waals surface area contributed by atoms with Crippen molar-refractivity contribution in [2.45, 2.75) is 19.3 Å². The Balaban J connectivity index is 1.27. The number of benzene rings is 3. The van der Waals surface area contributed by atoms with Crippen LogP contribution < -0.4 is 16.0 Å². The molecule has 4 aromatic rings. The standard InChI is InChI=1S/C25H24N4O2/c30-24(15-6-8-18-17-26-23-14-5-4-13-22(18)23)27-20-11-7-12-21(16-20)29-25(31)28-19-9-2-1-3-10-19/h1-5,7,9-14,16-17,26H,6,8,15H2,(H,27,30)(H2,28,29,31). The first-order valence-electron chi connectivity index (χ1n) is 10.3. The normalized spacial score (nSPS) is 10.6. The molecule has 0 fully saturated rings. The van der Waals surface area contributed by atoms with Crippen molar-refractivity contribution in [2.75, 3.05) is 16.0 Å². The van der Waals surface area contributed by atoms with Gasteiger partial charge < -0.3 is 20.9 Å². The van der Waals surface area contributed by atoms with Crippen molar-refractivity contribution in [3.63, 3.8) is 0 Å². The van der Waals surface area contributed by atoms with E-state index in [9.17, 15) is 9.59 Å². The molecule has 0 aliphatic heterocycles. The monoisotopic (exact) mass is 412 g/mol. The van der Waals surface area contributed by atoms with Gasteiger partial charge >= 0.3 is 6.03 Å². The van der Waals surface area contributed by atoms with Crippen molar-refractivity contribution in [3.05, 3.63) is 90.6 Å². The van der Waals surface area contributed by atoms with Crippen molar-refractivity contribution < 1.29 is 9.59 Å². The van der Waals surface area contributed by atoms with E-state index in [0.29, 0.717) is 23.5 Å². The van der Waals surface area contributed by atoms with Crippen LogP contribution in [0.2, 0.25) is 0 Å².